The quantitative estimate of drug-likeness (QED) is 0.868. The van der Waals surface area contributed by atoms with E-state index in [0.717, 1.165) is 15.2 Å². The maximum absolute atomic E-state index is 4.48. The Kier molecular flexibility index (Phi) is 4.00. The number of aromatic nitrogens is 2. The summed E-state index contributed by atoms with van der Waals surface area (Å²) < 4.78 is 1.02. The first-order chi connectivity index (χ1) is 6.51. The predicted octanol–water partition coefficient (Wildman–Crippen LogP) is 2.72. The van der Waals surface area contributed by atoms with Crippen LogP contribution in [0.5, 0.6) is 0 Å². The van der Waals surface area contributed by atoms with Gasteiger partial charge in [0, 0.05) is 13.2 Å². The normalized spacial score (nSPS) is 11.5. The summed E-state index contributed by atoms with van der Waals surface area (Å²) in [5.74, 6) is 1.77. The highest BCUT2D eigenvalue weighted by atomic mass is 127. The molecule has 0 saturated heterocycles. The van der Waals surface area contributed by atoms with Crippen LogP contribution in [0.1, 0.15) is 19.7 Å². The lowest BCUT2D eigenvalue weighted by molar-refractivity contribution is 0.709. The first-order valence-corrected chi connectivity index (χ1v) is 6.57. The molecule has 1 N–H and O–H groups in total. The predicted molar refractivity (Wildman–Crippen MR) is 70.8 cm³/mol. The van der Waals surface area contributed by atoms with Crippen LogP contribution in [0.3, 0.4) is 0 Å². The van der Waals surface area contributed by atoms with E-state index in [9.17, 15) is 0 Å². The van der Waals surface area contributed by atoms with E-state index in [2.05, 4.69) is 58.0 Å². The van der Waals surface area contributed by atoms with Crippen LogP contribution < -0.4 is 5.32 Å². The van der Waals surface area contributed by atoms with Gasteiger partial charge in [0.2, 0.25) is 0 Å². The van der Waals surface area contributed by atoms with Gasteiger partial charge >= 0.3 is 0 Å². The average Bonchev–Trinajstić information content (AvgIpc) is 2.18. The highest BCUT2D eigenvalue weighted by Crippen LogP contribution is 2.31. The number of anilines is 1. The van der Waals surface area contributed by atoms with E-state index in [1.807, 2.05) is 13.2 Å². The van der Waals surface area contributed by atoms with Crippen LogP contribution in [0.2, 0.25) is 0 Å². The van der Waals surface area contributed by atoms with Gasteiger partial charge in [0.15, 0.2) is 0 Å². The number of hydrogen-bond acceptors (Lipinski definition) is 4. The minimum Gasteiger partial charge on any atom is -0.372 e. The number of rotatable bonds is 3. The van der Waals surface area contributed by atoms with Gasteiger partial charge in [0.25, 0.3) is 0 Å². The van der Waals surface area contributed by atoms with Gasteiger partial charge in [-0.15, -0.1) is 0 Å². The third kappa shape index (κ3) is 2.50. The van der Waals surface area contributed by atoms with Gasteiger partial charge in [-0.05, 0) is 42.7 Å². The zero-order valence-electron chi connectivity index (χ0n) is 8.76. The van der Waals surface area contributed by atoms with Crippen molar-refractivity contribution >= 4 is 40.2 Å². The molecule has 0 fully saturated rings. The Morgan fingerprint density at radius 3 is 2.64 bits per heavy atom. The molecule has 0 aliphatic heterocycles. The first kappa shape index (κ1) is 12.0. The summed E-state index contributed by atoms with van der Waals surface area (Å²) in [6, 6.07) is 0. The van der Waals surface area contributed by atoms with Crippen LogP contribution in [-0.4, -0.2) is 23.3 Å². The molecule has 1 rings (SSSR count). The Labute approximate surface area is 103 Å². The van der Waals surface area contributed by atoms with Crippen LogP contribution in [0.15, 0.2) is 6.20 Å². The highest BCUT2D eigenvalue weighted by Gasteiger charge is 2.23. The average molecular weight is 323 g/mol. The Balaban J connectivity index is 3.12. The Bertz CT molecular complexity index is 328. The van der Waals surface area contributed by atoms with Gasteiger partial charge < -0.3 is 5.32 Å². The lowest BCUT2D eigenvalue weighted by atomic mass is 10.2. The van der Waals surface area contributed by atoms with E-state index in [4.69, 9.17) is 0 Å². The molecule has 14 heavy (non-hydrogen) atoms. The molecule has 0 bridgehead atoms. The molecule has 0 unspecified atom stereocenters. The molecule has 5 heteroatoms. The van der Waals surface area contributed by atoms with Crippen LogP contribution in [0.25, 0.3) is 0 Å². The van der Waals surface area contributed by atoms with Gasteiger partial charge in [-0.1, -0.05) is 0 Å². The molecule has 1 aromatic heterocycles. The van der Waals surface area contributed by atoms with Crippen molar-refractivity contribution in [3.8, 4) is 0 Å². The topological polar surface area (TPSA) is 37.8 Å². The number of thioether (sulfide) groups is 1. The zero-order chi connectivity index (χ0) is 10.8. The molecule has 0 spiro atoms. The van der Waals surface area contributed by atoms with Crippen LogP contribution in [0, 0.1) is 3.57 Å². The number of nitrogens with zero attached hydrogens (tertiary/aromatic N) is 2. The standard InChI is InChI=1S/C9H14IN3S/c1-9(2,14-4)8-12-5-6(10)7(11-3)13-8/h5H,1-4H3,(H,11,12,13). The Morgan fingerprint density at radius 1 is 1.50 bits per heavy atom. The third-order valence-corrected chi connectivity index (χ3v) is 4.02. The fourth-order valence-electron chi connectivity index (χ4n) is 0.924. The molecule has 0 aliphatic carbocycles. The van der Waals surface area contributed by atoms with E-state index in [0.29, 0.717) is 0 Å². The van der Waals surface area contributed by atoms with Crippen molar-refractivity contribution in [2.45, 2.75) is 18.6 Å². The van der Waals surface area contributed by atoms with Crippen LogP contribution >= 0.6 is 34.4 Å². The van der Waals surface area contributed by atoms with E-state index in [1.54, 1.807) is 11.8 Å². The highest BCUT2D eigenvalue weighted by molar-refractivity contribution is 14.1. The lowest BCUT2D eigenvalue weighted by Gasteiger charge is -2.20. The van der Waals surface area contributed by atoms with Crippen LogP contribution in [0.4, 0.5) is 5.82 Å². The zero-order valence-corrected chi connectivity index (χ0v) is 11.7. The molecule has 0 aromatic carbocycles. The summed E-state index contributed by atoms with van der Waals surface area (Å²) >= 11 is 3.97. The molecule has 0 radical (unpaired) electrons. The molecule has 3 nitrogen and oxygen atoms in total. The summed E-state index contributed by atoms with van der Waals surface area (Å²) in [5.41, 5.74) is 0. The summed E-state index contributed by atoms with van der Waals surface area (Å²) in [5, 5.41) is 3.06. The van der Waals surface area contributed by atoms with Crippen molar-refractivity contribution in [3.05, 3.63) is 15.6 Å². The van der Waals surface area contributed by atoms with Gasteiger partial charge in [-0.2, -0.15) is 11.8 Å². The molecule has 0 aliphatic rings. The van der Waals surface area contributed by atoms with Crippen LogP contribution in [-0.2, 0) is 4.75 Å². The smallest absolute Gasteiger partial charge is 0.146 e. The molecule has 1 aromatic rings. The second-order valence-electron chi connectivity index (χ2n) is 3.35. The van der Waals surface area contributed by atoms with Gasteiger partial charge in [-0.3, -0.25) is 0 Å². The molecular formula is C9H14IN3S. The van der Waals surface area contributed by atoms with E-state index >= 15 is 0 Å². The first-order valence-electron chi connectivity index (χ1n) is 4.27. The maximum Gasteiger partial charge on any atom is 0.146 e. The fourth-order valence-corrected chi connectivity index (χ4v) is 1.73. The second kappa shape index (κ2) is 4.65. The lowest BCUT2D eigenvalue weighted by Crippen LogP contribution is -2.17. The summed E-state index contributed by atoms with van der Waals surface area (Å²) in [6.45, 7) is 4.25. The molecule has 78 valence electrons. The SMILES string of the molecule is CNc1nc(C(C)(C)SC)ncc1I. The van der Waals surface area contributed by atoms with Gasteiger partial charge in [0.1, 0.15) is 11.6 Å². The van der Waals surface area contributed by atoms with E-state index < -0.39 is 0 Å². The minimum absolute atomic E-state index is 0.0318. The van der Waals surface area contributed by atoms with E-state index in [-0.39, 0.29) is 4.75 Å². The maximum atomic E-state index is 4.48. The fraction of sp³-hybridized carbons (Fsp3) is 0.556. The summed E-state index contributed by atoms with van der Waals surface area (Å²) in [6.07, 6.45) is 3.92. The number of halogens is 1. The summed E-state index contributed by atoms with van der Waals surface area (Å²) in [7, 11) is 1.88. The van der Waals surface area contributed by atoms with Gasteiger partial charge in [-0.25, -0.2) is 9.97 Å². The van der Waals surface area contributed by atoms with Crippen molar-refractivity contribution in [1.82, 2.24) is 9.97 Å². The van der Waals surface area contributed by atoms with Crippen molar-refractivity contribution in [3.63, 3.8) is 0 Å². The van der Waals surface area contributed by atoms with Gasteiger partial charge in [0.05, 0.1) is 8.32 Å². The molecular weight excluding hydrogens is 309 g/mol. The minimum atomic E-state index is -0.0318. The summed E-state index contributed by atoms with van der Waals surface area (Å²) in [4.78, 5) is 8.83. The largest absolute Gasteiger partial charge is 0.372 e. The van der Waals surface area contributed by atoms with Crippen molar-refractivity contribution in [1.29, 1.82) is 0 Å². The Morgan fingerprint density at radius 2 is 2.14 bits per heavy atom. The second-order valence-corrected chi connectivity index (χ2v) is 5.95. The van der Waals surface area contributed by atoms with Crippen molar-refractivity contribution < 1.29 is 0 Å². The molecule has 0 atom stereocenters. The number of hydrogen-bond donors (Lipinski definition) is 1. The molecule has 0 saturated carbocycles. The molecule has 1 heterocycles. The van der Waals surface area contributed by atoms with E-state index in [1.165, 1.54) is 0 Å². The Hall–Kier alpha value is -0.0400. The third-order valence-electron chi connectivity index (χ3n) is 2.03. The van der Waals surface area contributed by atoms with Crippen molar-refractivity contribution in [2.75, 3.05) is 18.6 Å². The van der Waals surface area contributed by atoms with Crippen molar-refractivity contribution in [2.24, 2.45) is 0 Å². The molecule has 0 amide bonds. The monoisotopic (exact) mass is 323 g/mol. The number of nitrogens with one attached hydrogen (secondary N) is 1.